The van der Waals surface area contributed by atoms with Crippen LogP contribution in [0.25, 0.3) is 0 Å². The maximum atomic E-state index is 10.7. The molecule has 0 amide bonds. The van der Waals surface area contributed by atoms with E-state index in [9.17, 15) is 4.79 Å². The molecule has 1 aliphatic carbocycles. The van der Waals surface area contributed by atoms with Gasteiger partial charge in [0.2, 0.25) is 0 Å². The Morgan fingerprint density at radius 1 is 1.69 bits per heavy atom. The van der Waals surface area contributed by atoms with Gasteiger partial charge in [-0.25, -0.2) is 4.79 Å². The largest absolute Gasteiger partial charge is 0.476 e. The summed E-state index contributed by atoms with van der Waals surface area (Å²) < 4.78 is 0. The first-order valence-corrected chi connectivity index (χ1v) is 4.26. The predicted molar refractivity (Wildman–Crippen MR) is 45.4 cm³/mol. The fourth-order valence-electron chi connectivity index (χ4n) is 1.78. The van der Waals surface area contributed by atoms with Crippen LogP contribution in [0.4, 0.5) is 0 Å². The quantitative estimate of drug-likeness (QED) is 0.586. The molecule has 0 saturated carbocycles. The van der Waals surface area contributed by atoms with Gasteiger partial charge in [0, 0.05) is 17.3 Å². The molecule has 1 aliphatic rings. The Hall–Kier alpha value is -1.36. The molecule has 1 aromatic rings. The van der Waals surface area contributed by atoms with Gasteiger partial charge in [0.25, 0.3) is 0 Å². The molecule has 1 aromatic heterocycles. The van der Waals surface area contributed by atoms with E-state index < -0.39 is 5.97 Å². The molecule has 1 unspecified atom stereocenters. The highest BCUT2D eigenvalue weighted by Gasteiger charge is 2.26. The monoisotopic (exact) mass is 181 g/mol. The third-order valence-electron chi connectivity index (χ3n) is 2.40. The number of H-pyrrole nitrogens is 1. The Balaban J connectivity index is 2.50. The summed E-state index contributed by atoms with van der Waals surface area (Å²) >= 11 is 0. The number of hydrogen-bond acceptors (Lipinski definition) is 3. The van der Waals surface area contributed by atoms with Crippen molar-refractivity contribution in [3.63, 3.8) is 0 Å². The van der Waals surface area contributed by atoms with E-state index in [4.69, 9.17) is 10.8 Å². The average molecular weight is 181 g/mol. The zero-order valence-electron chi connectivity index (χ0n) is 7.08. The summed E-state index contributed by atoms with van der Waals surface area (Å²) in [6, 6.07) is -0.173. The van der Waals surface area contributed by atoms with Gasteiger partial charge in [-0.1, -0.05) is 0 Å². The minimum Gasteiger partial charge on any atom is -0.476 e. The molecule has 5 nitrogen and oxygen atoms in total. The van der Waals surface area contributed by atoms with Gasteiger partial charge < -0.3 is 10.8 Å². The second-order valence-electron chi connectivity index (χ2n) is 3.27. The number of fused-ring (bicyclic) bond motifs is 1. The summed E-state index contributed by atoms with van der Waals surface area (Å²) in [4.78, 5) is 10.7. The Kier molecular flexibility index (Phi) is 1.81. The van der Waals surface area contributed by atoms with Crippen LogP contribution < -0.4 is 5.73 Å². The molecule has 0 fully saturated rings. The van der Waals surface area contributed by atoms with Crippen molar-refractivity contribution in [2.45, 2.75) is 25.3 Å². The maximum Gasteiger partial charge on any atom is 0.356 e. The molecule has 0 aromatic carbocycles. The van der Waals surface area contributed by atoms with Gasteiger partial charge in [-0.15, -0.1) is 0 Å². The smallest absolute Gasteiger partial charge is 0.356 e. The summed E-state index contributed by atoms with van der Waals surface area (Å²) in [6.45, 7) is 0. The number of carboxylic acids is 1. The van der Waals surface area contributed by atoms with Crippen LogP contribution in [0.15, 0.2) is 0 Å². The van der Waals surface area contributed by atoms with Gasteiger partial charge >= 0.3 is 5.97 Å². The van der Waals surface area contributed by atoms with Crippen LogP contribution in [-0.4, -0.2) is 21.3 Å². The van der Waals surface area contributed by atoms with E-state index >= 15 is 0 Å². The molecule has 0 spiro atoms. The topological polar surface area (TPSA) is 92.0 Å². The van der Waals surface area contributed by atoms with Crippen LogP contribution >= 0.6 is 0 Å². The first-order valence-electron chi connectivity index (χ1n) is 4.26. The van der Waals surface area contributed by atoms with E-state index in [0.29, 0.717) is 5.56 Å². The number of aryl methyl sites for hydroxylation is 1. The zero-order valence-corrected chi connectivity index (χ0v) is 7.08. The van der Waals surface area contributed by atoms with E-state index in [0.717, 1.165) is 25.0 Å². The summed E-state index contributed by atoms with van der Waals surface area (Å²) in [5.41, 5.74) is 7.47. The Morgan fingerprint density at radius 2 is 2.46 bits per heavy atom. The molecular weight excluding hydrogens is 170 g/mol. The molecule has 0 saturated heterocycles. The summed E-state index contributed by atoms with van der Waals surface area (Å²) in [7, 11) is 0. The number of carboxylic acid groups (broad SMARTS) is 1. The van der Waals surface area contributed by atoms with Crippen LogP contribution in [0.1, 0.15) is 40.6 Å². The fourth-order valence-corrected chi connectivity index (χ4v) is 1.78. The molecule has 13 heavy (non-hydrogen) atoms. The lowest BCUT2D eigenvalue weighted by atomic mass is 9.92. The third-order valence-corrected chi connectivity index (χ3v) is 2.40. The lowest BCUT2D eigenvalue weighted by Gasteiger charge is -2.17. The van der Waals surface area contributed by atoms with Crippen molar-refractivity contribution in [3.05, 3.63) is 17.0 Å². The number of nitrogens with two attached hydrogens (primary N) is 1. The minimum atomic E-state index is -1.00. The number of aromatic nitrogens is 2. The number of aromatic amines is 1. The van der Waals surface area contributed by atoms with Gasteiger partial charge in [-0.05, 0) is 19.3 Å². The molecule has 0 bridgehead atoms. The van der Waals surface area contributed by atoms with Gasteiger partial charge in [0.05, 0.1) is 0 Å². The molecule has 1 heterocycles. The Labute approximate surface area is 74.9 Å². The first-order chi connectivity index (χ1) is 6.20. The number of nitrogens with zero attached hydrogens (tertiary/aromatic N) is 1. The van der Waals surface area contributed by atoms with Crippen molar-refractivity contribution in [2.75, 3.05) is 0 Å². The molecule has 1 atom stereocenters. The molecule has 5 heteroatoms. The molecule has 0 aliphatic heterocycles. The second-order valence-corrected chi connectivity index (χ2v) is 3.27. The van der Waals surface area contributed by atoms with Crippen molar-refractivity contribution in [3.8, 4) is 0 Å². The lowest BCUT2D eigenvalue weighted by molar-refractivity contribution is 0.0688. The molecular formula is C8H11N3O2. The van der Waals surface area contributed by atoms with Crippen LogP contribution in [0.5, 0.6) is 0 Å². The standard InChI is InChI=1S/C8H11N3O2/c9-4-2-1-3-5-6(4)7(8(12)13)11-10-5/h4H,1-3,9H2,(H,10,11)(H,12,13). The normalized spacial score (nSPS) is 21.2. The van der Waals surface area contributed by atoms with Crippen molar-refractivity contribution >= 4 is 5.97 Å². The van der Waals surface area contributed by atoms with Crippen LogP contribution in [0, 0.1) is 0 Å². The predicted octanol–water partition coefficient (Wildman–Crippen LogP) is 0.444. The Bertz CT molecular complexity index is 345. The number of aromatic carboxylic acids is 1. The minimum absolute atomic E-state index is 0.0854. The van der Waals surface area contributed by atoms with Crippen molar-refractivity contribution in [2.24, 2.45) is 5.73 Å². The van der Waals surface area contributed by atoms with Crippen molar-refractivity contribution in [1.29, 1.82) is 0 Å². The first kappa shape index (κ1) is 8.25. The van der Waals surface area contributed by atoms with Crippen molar-refractivity contribution < 1.29 is 9.90 Å². The van der Waals surface area contributed by atoms with Crippen LogP contribution in [0.3, 0.4) is 0 Å². The molecule has 0 radical (unpaired) electrons. The van der Waals surface area contributed by atoms with Crippen LogP contribution in [-0.2, 0) is 6.42 Å². The number of carbonyl (C=O) groups is 1. The maximum absolute atomic E-state index is 10.7. The number of hydrogen-bond donors (Lipinski definition) is 3. The van der Waals surface area contributed by atoms with Crippen molar-refractivity contribution in [1.82, 2.24) is 10.2 Å². The van der Waals surface area contributed by atoms with E-state index in [-0.39, 0.29) is 11.7 Å². The van der Waals surface area contributed by atoms with Gasteiger partial charge in [-0.2, -0.15) is 5.10 Å². The summed E-state index contributed by atoms with van der Waals surface area (Å²) in [6.07, 6.45) is 2.69. The van der Waals surface area contributed by atoms with Gasteiger partial charge in [0.1, 0.15) is 0 Å². The highest BCUT2D eigenvalue weighted by atomic mass is 16.4. The van der Waals surface area contributed by atoms with Gasteiger partial charge in [-0.3, -0.25) is 5.10 Å². The van der Waals surface area contributed by atoms with E-state index in [1.165, 1.54) is 0 Å². The fraction of sp³-hybridized carbons (Fsp3) is 0.500. The highest BCUT2D eigenvalue weighted by molar-refractivity contribution is 5.87. The Morgan fingerprint density at radius 3 is 3.15 bits per heavy atom. The van der Waals surface area contributed by atoms with Gasteiger partial charge in [0.15, 0.2) is 5.69 Å². The highest BCUT2D eigenvalue weighted by Crippen LogP contribution is 2.28. The van der Waals surface area contributed by atoms with E-state index in [2.05, 4.69) is 10.2 Å². The van der Waals surface area contributed by atoms with E-state index in [1.807, 2.05) is 0 Å². The molecule has 2 rings (SSSR count). The molecule has 70 valence electrons. The number of rotatable bonds is 1. The lowest BCUT2D eigenvalue weighted by Crippen LogP contribution is -2.19. The second kappa shape index (κ2) is 2.85. The summed E-state index contributed by atoms with van der Waals surface area (Å²) in [5.74, 6) is -1.00. The summed E-state index contributed by atoms with van der Waals surface area (Å²) in [5, 5.41) is 15.3. The molecule has 4 N–H and O–H groups in total. The average Bonchev–Trinajstić information content (AvgIpc) is 2.49. The zero-order chi connectivity index (χ0) is 9.42. The third kappa shape index (κ3) is 1.21. The van der Waals surface area contributed by atoms with E-state index in [1.54, 1.807) is 0 Å². The van der Waals surface area contributed by atoms with Crippen LogP contribution in [0.2, 0.25) is 0 Å². The number of nitrogens with one attached hydrogen (secondary N) is 1. The SMILES string of the molecule is NC1CCCc2[nH]nc(C(=O)O)c21.